The van der Waals surface area contributed by atoms with E-state index in [1.165, 1.54) is 0 Å². The van der Waals surface area contributed by atoms with Crippen LogP contribution in [-0.2, 0) is 22.4 Å². The number of benzene rings is 1. The van der Waals surface area contributed by atoms with Crippen molar-refractivity contribution in [2.75, 3.05) is 48.8 Å². The Morgan fingerprint density at radius 3 is 2.64 bits per heavy atom. The number of morpholine rings is 1. The Morgan fingerprint density at radius 1 is 1.08 bits per heavy atom. The number of nitrogen functional groups attached to an aromatic ring is 1. The molecule has 11 nitrogen and oxygen atoms in total. The normalized spacial score (nSPS) is 15.5. The van der Waals surface area contributed by atoms with Gasteiger partial charge in [0.1, 0.15) is 5.60 Å². The minimum Gasteiger partial charge on any atom is -0.444 e. The lowest BCUT2D eigenvalue weighted by atomic mass is 9.96. The van der Waals surface area contributed by atoms with Gasteiger partial charge >= 0.3 is 6.09 Å². The number of fused-ring (bicyclic) bond motifs is 1. The summed E-state index contributed by atoms with van der Waals surface area (Å²) in [5, 5.41) is 2.91. The molecule has 2 aliphatic heterocycles. The SMILES string of the molecule is CC(C)(C)OC(=O)N1CCc2ccc(-c3cnc(N)c(C(=O)Nc4cnccc4N4CCOCC4)n3)cc2C1. The number of hydrogen-bond acceptors (Lipinski definition) is 9. The van der Waals surface area contributed by atoms with Crippen LogP contribution in [0.15, 0.2) is 42.9 Å². The Labute approximate surface area is 227 Å². The lowest BCUT2D eigenvalue weighted by Gasteiger charge is -2.31. The number of nitrogens with zero attached hydrogens (tertiary/aromatic N) is 5. The van der Waals surface area contributed by atoms with Crippen molar-refractivity contribution in [3.8, 4) is 11.3 Å². The van der Waals surface area contributed by atoms with Crippen molar-refractivity contribution in [1.82, 2.24) is 19.9 Å². The number of carbonyl (C=O) groups excluding carboxylic acids is 2. The predicted molar refractivity (Wildman–Crippen MR) is 147 cm³/mol. The molecule has 2 aliphatic rings. The standard InChI is InChI=1S/C28H33N7O4/c1-28(2,3)39-27(37)35-9-7-18-4-5-19(14-20(18)17-35)21-16-31-25(29)24(32-21)26(36)33-22-15-30-8-6-23(22)34-10-12-38-13-11-34/h4-6,8,14-16H,7,9-13,17H2,1-3H3,(H2,29,31)(H,33,36). The molecule has 0 unspecified atom stereocenters. The molecule has 0 atom stereocenters. The highest BCUT2D eigenvalue weighted by molar-refractivity contribution is 6.07. The first-order valence-corrected chi connectivity index (χ1v) is 13.0. The summed E-state index contributed by atoms with van der Waals surface area (Å²) in [6, 6.07) is 7.81. The number of pyridine rings is 1. The van der Waals surface area contributed by atoms with E-state index in [9.17, 15) is 9.59 Å². The van der Waals surface area contributed by atoms with Crippen LogP contribution >= 0.6 is 0 Å². The molecule has 1 fully saturated rings. The molecule has 2 amide bonds. The fourth-order valence-electron chi connectivity index (χ4n) is 4.65. The summed E-state index contributed by atoms with van der Waals surface area (Å²) < 4.78 is 11.0. The summed E-state index contributed by atoms with van der Waals surface area (Å²) in [7, 11) is 0. The Bertz CT molecular complexity index is 1380. The molecule has 0 saturated carbocycles. The Hall–Kier alpha value is -4.25. The molecule has 5 rings (SSSR count). The molecule has 2 aromatic heterocycles. The fourth-order valence-corrected chi connectivity index (χ4v) is 4.65. The van der Waals surface area contributed by atoms with Crippen LogP contribution in [0.25, 0.3) is 11.3 Å². The summed E-state index contributed by atoms with van der Waals surface area (Å²) >= 11 is 0. The zero-order valence-electron chi connectivity index (χ0n) is 22.4. The Balaban J connectivity index is 1.36. The van der Waals surface area contributed by atoms with Crippen molar-refractivity contribution in [2.24, 2.45) is 0 Å². The molecule has 1 saturated heterocycles. The van der Waals surface area contributed by atoms with Gasteiger partial charge in [0.2, 0.25) is 0 Å². The van der Waals surface area contributed by atoms with Gasteiger partial charge in [0.25, 0.3) is 5.91 Å². The summed E-state index contributed by atoms with van der Waals surface area (Å²) in [5.74, 6) is -0.444. The van der Waals surface area contributed by atoms with E-state index in [1.54, 1.807) is 23.5 Å². The minimum atomic E-state index is -0.561. The fraction of sp³-hybridized carbons (Fsp3) is 0.393. The maximum Gasteiger partial charge on any atom is 0.410 e. The second-order valence-electron chi connectivity index (χ2n) is 10.6. The van der Waals surface area contributed by atoms with Crippen molar-refractivity contribution in [1.29, 1.82) is 0 Å². The maximum atomic E-state index is 13.3. The molecule has 0 radical (unpaired) electrons. The van der Waals surface area contributed by atoms with Gasteiger partial charge in [-0.3, -0.25) is 9.78 Å². The molecule has 0 bridgehead atoms. The molecule has 4 heterocycles. The monoisotopic (exact) mass is 531 g/mol. The Kier molecular flexibility index (Phi) is 7.34. The number of nitrogens with one attached hydrogen (secondary N) is 1. The molecule has 1 aromatic carbocycles. The second-order valence-corrected chi connectivity index (χ2v) is 10.6. The van der Waals surface area contributed by atoms with Crippen molar-refractivity contribution in [2.45, 2.75) is 39.3 Å². The quantitative estimate of drug-likeness (QED) is 0.518. The van der Waals surface area contributed by atoms with Crippen LogP contribution in [0.5, 0.6) is 0 Å². The number of ether oxygens (including phenoxy) is 2. The summed E-state index contributed by atoms with van der Waals surface area (Å²) in [6.07, 6.45) is 5.24. The van der Waals surface area contributed by atoms with Gasteiger partial charge in [0.15, 0.2) is 11.5 Å². The predicted octanol–water partition coefficient (Wildman–Crippen LogP) is 3.50. The Morgan fingerprint density at radius 2 is 1.87 bits per heavy atom. The van der Waals surface area contributed by atoms with Crippen LogP contribution in [0.1, 0.15) is 42.4 Å². The average molecular weight is 532 g/mol. The van der Waals surface area contributed by atoms with Crippen LogP contribution < -0.4 is 16.0 Å². The first-order valence-electron chi connectivity index (χ1n) is 13.0. The van der Waals surface area contributed by atoms with Crippen LogP contribution in [0, 0.1) is 0 Å². The topological polar surface area (TPSA) is 136 Å². The van der Waals surface area contributed by atoms with E-state index < -0.39 is 11.5 Å². The smallest absolute Gasteiger partial charge is 0.410 e. The van der Waals surface area contributed by atoms with E-state index >= 15 is 0 Å². The molecule has 3 N–H and O–H groups in total. The number of carbonyl (C=O) groups is 2. The van der Waals surface area contributed by atoms with Gasteiger partial charge in [-0.05, 0) is 50.5 Å². The van der Waals surface area contributed by atoms with E-state index in [-0.39, 0.29) is 17.6 Å². The van der Waals surface area contributed by atoms with Crippen molar-refractivity contribution in [3.05, 3.63) is 59.7 Å². The van der Waals surface area contributed by atoms with Crippen molar-refractivity contribution in [3.63, 3.8) is 0 Å². The van der Waals surface area contributed by atoms with Gasteiger partial charge in [0, 0.05) is 37.9 Å². The number of aromatic nitrogens is 3. The molecule has 0 spiro atoms. The number of anilines is 3. The van der Waals surface area contributed by atoms with E-state index in [0.29, 0.717) is 50.8 Å². The zero-order chi connectivity index (χ0) is 27.6. The van der Waals surface area contributed by atoms with Crippen molar-refractivity contribution < 1.29 is 19.1 Å². The largest absolute Gasteiger partial charge is 0.444 e. The number of rotatable bonds is 4. The van der Waals surface area contributed by atoms with E-state index in [1.807, 2.05) is 45.0 Å². The number of amides is 2. The van der Waals surface area contributed by atoms with Gasteiger partial charge in [-0.25, -0.2) is 14.8 Å². The first kappa shape index (κ1) is 26.4. The third-order valence-electron chi connectivity index (χ3n) is 6.58. The van der Waals surface area contributed by atoms with Gasteiger partial charge < -0.3 is 30.3 Å². The van der Waals surface area contributed by atoms with Crippen molar-refractivity contribution >= 4 is 29.2 Å². The van der Waals surface area contributed by atoms with E-state index in [0.717, 1.165) is 28.8 Å². The molecular weight excluding hydrogens is 498 g/mol. The van der Waals surface area contributed by atoms with Crippen LogP contribution in [0.4, 0.5) is 22.0 Å². The van der Waals surface area contributed by atoms with Crippen LogP contribution in [0.2, 0.25) is 0 Å². The molecular formula is C28H33N7O4. The van der Waals surface area contributed by atoms with E-state index in [2.05, 4.69) is 25.2 Å². The maximum absolute atomic E-state index is 13.3. The minimum absolute atomic E-state index is 0.0254. The number of nitrogens with two attached hydrogens (primary N) is 1. The molecule has 0 aliphatic carbocycles. The van der Waals surface area contributed by atoms with Gasteiger partial charge in [-0.15, -0.1) is 0 Å². The first-order chi connectivity index (χ1) is 18.7. The lowest BCUT2D eigenvalue weighted by Crippen LogP contribution is -2.39. The van der Waals surface area contributed by atoms with Gasteiger partial charge in [-0.2, -0.15) is 0 Å². The third kappa shape index (κ3) is 6.09. The highest BCUT2D eigenvalue weighted by Crippen LogP contribution is 2.29. The molecule has 39 heavy (non-hydrogen) atoms. The molecule has 3 aromatic rings. The number of hydrogen-bond donors (Lipinski definition) is 2. The third-order valence-corrected chi connectivity index (χ3v) is 6.58. The van der Waals surface area contributed by atoms with Crippen LogP contribution in [0.3, 0.4) is 0 Å². The summed E-state index contributed by atoms with van der Waals surface area (Å²) in [4.78, 5) is 42.8. The highest BCUT2D eigenvalue weighted by atomic mass is 16.6. The molecule has 11 heteroatoms. The van der Waals surface area contributed by atoms with Crippen LogP contribution in [-0.4, -0.2) is 70.3 Å². The zero-order valence-corrected chi connectivity index (χ0v) is 22.4. The van der Waals surface area contributed by atoms with Gasteiger partial charge in [-0.1, -0.05) is 12.1 Å². The van der Waals surface area contributed by atoms with E-state index in [4.69, 9.17) is 15.2 Å². The molecule has 204 valence electrons. The second kappa shape index (κ2) is 10.9. The van der Waals surface area contributed by atoms with Gasteiger partial charge in [0.05, 0.1) is 42.7 Å². The highest BCUT2D eigenvalue weighted by Gasteiger charge is 2.26. The summed E-state index contributed by atoms with van der Waals surface area (Å²) in [6.45, 7) is 9.25. The summed E-state index contributed by atoms with van der Waals surface area (Å²) in [5.41, 5.74) is 10.4. The average Bonchev–Trinajstić information content (AvgIpc) is 2.92. The lowest BCUT2D eigenvalue weighted by molar-refractivity contribution is 0.0224.